The topological polar surface area (TPSA) is 69.6 Å². The van der Waals surface area contributed by atoms with E-state index in [0.717, 1.165) is 19.3 Å². The summed E-state index contributed by atoms with van der Waals surface area (Å²) in [5, 5.41) is 13.3. The van der Waals surface area contributed by atoms with Crippen LogP contribution in [0.4, 0.5) is 5.69 Å². The third kappa shape index (κ3) is 4.15. The van der Waals surface area contributed by atoms with Gasteiger partial charge >= 0.3 is 0 Å². The van der Waals surface area contributed by atoms with E-state index in [1.807, 2.05) is 19.9 Å². The molecule has 0 saturated heterocycles. The second-order valence-electron chi connectivity index (χ2n) is 7.04. The molecule has 0 aromatic heterocycles. The smallest absolute Gasteiger partial charge is 0.253 e. The first-order chi connectivity index (χ1) is 11.3. The van der Waals surface area contributed by atoms with E-state index >= 15 is 0 Å². The number of hydrogen-bond acceptors (Lipinski definition) is 3. The molecule has 0 spiro atoms. The molecule has 1 aliphatic carbocycles. The molecule has 0 bridgehead atoms. The van der Waals surface area contributed by atoms with Crippen LogP contribution in [-0.2, 0) is 4.79 Å². The Bertz CT molecular complexity index is 608. The SMILES string of the molecule is CCC(C)C(C)(O)CNC(=O)c1ccccc1N(C)C(=O)C1CC1. The van der Waals surface area contributed by atoms with Crippen molar-refractivity contribution in [3.8, 4) is 0 Å². The number of carbonyl (C=O) groups excluding carboxylic acids is 2. The Morgan fingerprint density at radius 2 is 2.00 bits per heavy atom. The Kier molecular flexibility index (Phi) is 5.65. The maximum Gasteiger partial charge on any atom is 0.253 e. The number of nitrogens with one attached hydrogen (secondary N) is 1. The lowest BCUT2D eigenvalue weighted by Gasteiger charge is -2.30. The molecule has 132 valence electrons. The number of amides is 2. The minimum absolute atomic E-state index is 0.0573. The van der Waals surface area contributed by atoms with Crippen molar-refractivity contribution in [2.45, 2.75) is 45.6 Å². The summed E-state index contributed by atoms with van der Waals surface area (Å²) in [7, 11) is 1.71. The van der Waals surface area contributed by atoms with Crippen LogP contribution in [0.3, 0.4) is 0 Å². The maximum atomic E-state index is 12.6. The van der Waals surface area contributed by atoms with E-state index in [2.05, 4.69) is 5.32 Å². The van der Waals surface area contributed by atoms with Gasteiger partial charge in [0.15, 0.2) is 0 Å². The van der Waals surface area contributed by atoms with E-state index in [1.165, 1.54) is 0 Å². The van der Waals surface area contributed by atoms with E-state index < -0.39 is 5.60 Å². The van der Waals surface area contributed by atoms with Crippen molar-refractivity contribution in [2.75, 3.05) is 18.5 Å². The van der Waals surface area contributed by atoms with E-state index in [0.29, 0.717) is 11.3 Å². The van der Waals surface area contributed by atoms with Gasteiger partial charge in [0.1, 0.15) is 0 Å². The largest absolute Gasteiger partial charge is 0.388 e. The van der Waals surface area contributed by atoms with Crippen LogP contribution in [-0.4, -0.2) is 36.1 Å². The van der Waals surface area contributed by atoms with Gasteiger partial charge in [-0.1, -0.05) is 32.4 Å². The van der Waals surface area contributed by atoms with E-state index in [1.54, 1.807) is 37.1 Å². The van der Waals surface area contributed by atoms with Crippen LogP contribution in [0, 0.1) is 11.8 Å². The second kappa shape index (κ2) is 7.34. The van der Waals surface area contributed by atoms with Gasteiger partial charge in [0, 0.05) is 19.5 Å². The molecule has 0 radical (unpaired) electrons. The molecule has 2 N–H and O–H groups in total. The van der Waals surface area contributed by atoms with Gasteiger partial charge in [-0.15, -0.1) is 0 Å². The summed E-state index contributed by atoms with van der Waals surface area (Å²) in [4.78, 5) is 26.4. The number of para-hydroxylation sites is 1. The van der Waals surface area contributed by atoms with Gasteiger partial charge in [0.2, 0.25) is 5.91 Å². The Morgan fingerprint density at radius 3 is 2.58 bits per heavy atom. The van der Waals surface area contributed by atoms with Crippen molar-refractivity contribution in [1.82, 2.24) is 5.32 Å². The first-order valence-electron chi connectivity index (χ1n) is 8.65. The Morgan fingerprint density at radius 1 is 1.38 bits per heavy atom. The molecule has 2 atom stereocenters. The van der Waals surface area contributed by atoms with Gasteiger partial charge in [-0.05, 0) is 37.8 Å². The normalized spacial score (nSPS) is 17.7. The molecule has 24 heavy (non-hydrogen) atoms. The molecule has 0 heterocycles. The average molecular weight is 332 g/mol. The van der Waals surface area contributed by atoms with Gasteiger partial charge in [-0.3, -0.25) is 9.59 Å². The molecule has 1 saturated carbocycles. The molecule has 5 nitrogen and oxygen atoms in total. The van der Waals surface area contributed by atoms with Crippen molar-refractivity contribution >= 4 is 17.5 Å². The third-order valence-corrected chi connectivity index (χ3v) is 5.05. The number of rotatable bonds is 7. The van der Waals surface area contributed by atoms with Crippen LogP contribution in [0.25, 0.3) is 0 Å². The number of benzene rings is 1. The summed E-state index contributed by atoms with van der Waals surface area (Å²) >= 11 is 0. The molecule has 1 fully saturated rings. The summed E-state index contributed by atoms with van der Waals surface area (Å²) in [6.45, 7) is 5.88. The highest BCUT2D eigenvalue weighted by molar-refractivity contribution is 6.05. The van der Waals surface area contributed by atoms with Crippen LogP contribution < -0.4 is 10.2 Å². The fourth-order valence-electron chi connectivity index (χ4n) is 2.65. The van der Waals surface area contributed by atoms with Gasteiger partial charge in [-0.25, -0.2) is 0 Å². The molecule has 1 aromatic rings. The fourth-order valence-corrected chi connectivity index (χ4v) is 2.65. The lowest BCUT2D eigenvalue weighted by molar-refractivity contribution is -0.119. The Balaban J connectivity index is 2.11. The zero-order valence-corrected chi connectivity index (χ0v) is 15.0. The van der Waals surface area contributed by atoms with Crippen molar-refractivity contribution < 1.29 is 14.7 Å². The van der Waals surface area contributed by atoms with Gasteiger partial charge in [0.25, 0.3) is 5.91 Å². The lowest BCUT2D eigenvalue weighted by Crippen LogP contribution is -2.45. The van der Waals surface area contributed by atoms with Crippen molar-refractivity contribution in [3.63, 3.8) is 0 Å². The first-order valence-corrected chi connectivity index (χ1v) is 8.65. The molecule has 5 heteroatoms. The van der Waals surface area contributed by atoms with Crippen molar-refractivity contribution in [3.05, 3.63) is 29.8 Å². The van der Waals surface area contributed by atoms with Crippen LogP contribution in [0.1, 0.15) is 50.4 Å². The molecular weight excluding hydrogens is 304 g/mol. The zero-order chi connectivity index (χ0) is 17.9. The number of aliphatic hydroxyl groups is 1. The predicted molar refractivity (Wildman–Crippen MR) is 95.0 cm³/mol. The fraction of sp³-hybridized carbons (Fsp3) is 0.579. The van der Waals surface area contributed by atoms with Gasteiger partial charge < -0.3 is 15.3 Å². The molecule has 2 unspecified atom stereocenters. The third-order valence-electron chi connectivity index (χ3n) is 5.05. The number of anilines is 1. The molecule has 1 aliphatic rings. The van der Waals surface area contributed by atoms with E-state index in [9.17, 15) is 14.7 Å². The zero-order valence-electron chi connectivity index (χ0n) is 15.0. The summed E-state index contributed by atoms with van der Waals surface area (Å²) in [6, 6.07) is 7.08. The summed E-state index contributed by atoms with van der Waals surface area (Å²) in [5.74, 6) is -0.0455. The predicted octanol–water partition coefficient (Wildman–Crippen LogP) is 2.59. The van der Waals surface area contributed by atoms with Gasteiger partial charge in [-0.2, -0.15) is 0 Å². The van der Waals surface area contributed by atoms with Crippen LogP contribution in [0.5, 0.6) is 0 Å². The maximum absolute atomic E-state index is 12.6. The first kappa shape index (κ1) is 18.5. The minimum atomic E-state index is -0.963. The van der Waals surface area contributed by atoms with Gasteiger partial charge in [0.05, 0.1) is 16.9 Å². The quantitative estimate of drug-likeness (QED) is 0.806. The van der Waals surface area contributed by atoms with Crippen molar-refractivity contribution in [2.24, 2.45) is 11.8 Å². The standard InChI is InChI=1S/C19H28N2O3/c1-5-13(2)19(3,24)12-20-17(22)15-8-6-7-9-16(15)21(4)18(23)14-10-11-14/h6-9,13-14,24H,5,10-12H2,1-4H3,(H,20,22). The van der Waals surface area contributed by atoms with Crippen LogP contribution >= 0.6 is 0 Å². The minimum Gasteiger partial charge on any atom is -0.388 e. The van der Waals surface area contributed by atoms with Crippen LogP contribution in [0.15, 0.2) is 24.3 Å². The molecule has 0 aliphatic heterocycles. The summed E-state index contributed by atoms with van der Waals surface area (Å²) < 4.78 is 0. The molecule has 2 amide bonds. The Hall–Kier alpha value is -1.88. The molecular formula is C19H28N2O3. The average Bonchev–Trinajstić information content (AvgIpc) is 3.42. The van der Waals surface area contributed by atoms with Crippen molar-refractivity contribution in [1.29, 1.82) is 0 Å². The molecule has 1 aromatic carbocycles. The molecule has 2 rings (SSSR count). The Labute approximate surface area is 144 Å². The number of carbonyl (C=O) groups is 2. The monoisotopic (exact) mass is 332 g/mol. The lowest BCUT2D eigenvalue weighted by atomic mass is 9.88. The van der Waals surface area contributed by atoms with E-state index in [4.69, 9.17) is 0 Å². The van der Waals surface area contributed by atoms with Crippen LogP contribution in [0.2, 0.25) is 0 Å². The summed E-state index contributed by atoms with van der Waals surface area (Å²) in [5.41, 5.74) is 0.0961. The number of hydrogen-bond donors (Lipinski definition) is 2. The summed E-state index contributed by atoms with van der Waals surface area (Å²) in [6.07, 6.45) is 2.68. The second-order valence-corrected chi connectivity index (χ2v) is 7.04. The van der Waals surface area contributed by atoms with E-state index in [-0.39, 0.29) is 30.2 Å². The highest BCUT2D eigenvalue weighted by Crippen LogP contribution is 2.33. The highest BCUT2D eigenvalue weighted by atomic mass is 16.3. The number of nitrogens with zero attached hydrogens (tertiary/aromatic N) is 1. The highest BCUT2D eigenvalue weighted by Gasteiger charge is 2.34.